The van der Waals surface area contributed by atoms with Crippen LogP contribution in [0.25, 0.3) is 9.88 Å². The quantitative estimate of drug-likeness (QED) is 0.462. The first-order valence-electron chi connectivity index (χ1n) is 3.82. The van der Waals surface area contributed by atoms with Crippen molar-refractivity contribution in [2.75, 3.05) is 0 Å². The number of thiazole rings is 1. The fourth-order valence-electron chi connectivity index (χ4n) is 0.964. The second-order valence-corrected chi connectivity index (χ2v) is 4.46. The normalized spacial score (nSPS) is 10.1. The highest BCUT2D eigenvalue weighted by Gasteiger charge is 2.10. The summed E-state index contributed by atoms with van der Waals surface area (Å²) in [6.45, 7) is 0. The topological polar surface area (TPSA) is 68.0 Å². The Bertz CT molecular complexity index is 435. The highest BCUT2D eigenvalue weighted by molar-refractivity contribution is 7.21. The first kappa shape index (κ1) is 9.32. The number of nitrogens with zero attached hydrogens (tertiary/aromatic N) is 1. The van der Waals surface area contributed by atoms with Crippen LogP contribution in [0.1, 0.15) is 9.67 Å². The van der Waals surface area contributed by atoms with Gasteiger partial charge in [0.25, 0.3) is 5.91 Å². The highest BCUT2D eigenvalue weighted by Crippen LogP contribution is 2.28. The Kier molecular flexibility index (Phi) is 2.58. The molecule has 72 valence electrons. The number of hydrazine groups is 1. The summed E-state index contributed by atoms with van der Waals surface area (Å²) >= 11 is 2.92. The van der Waals surface area contributed by atoms with Crippen LogP contribution in [0.3, 0.4) is 0 Å². The van der Waals surface area contributed by atoms with Gasteiger partial charge in [-0.05, 0) is 11.4 Å². The third kappa shape index (κ3) is 1.67. The van der Waals surface area contributed by atoms with E-state index in [2.05, 4.69) is 10.4 Å². The molecule has 2 rings (SSSR count). The van der Waals surface area contributed by atoms with Crippen molar-refractivity contribution in [3.05, 3.63) is 28.6 Å². The van der Waals surface area contributed by atoms with Crippen LogP contribution in [-0.2, 0) is 0 Å². The van der Waals surface area contributed by atoms with E-state index in [0.29, 0.717) is 4.88 Å². The van der Waals surface area contributed by atoms with Crippen molar-refractivity contribution < 1.29 is 4.79 Å². The van der Waals surface area contributed by atoms with E-state index in [1.807, 2.05) is 17.5 Å². The van der Waals surface area contributed by atoms with Crippen LogP contribution >= 0.6 is 22.7 Å². The number of hydrogen-bond donors (Lipinski definition) is 2. The van der Waals surface area contributed by atoms with Crippen LogP contribution in [-0.4, -0.2) is 10.9 Å². The van der Waals surface area contributed by atoms with Crippen LogP contribution in [0.15, 0.2) is 23.7 Å². The summed E-state index contributed by atoms with van der Waals surface area (Å²) in [5, 5.41) is 2.82. The molecule has 0 atom stereocenters. The molecule has 0 aromatic carbocycles. The van der Waals surface area contributed by atoms with Gasteiger partial charge in [-0.2, -0.15) is 0 Å². The van der Waals surface area contributed by atoms with Crippen LogP contribution in [0.4, 0.5) is 0 Å². The molecule has 2 heterocycles. The lowest BCUT2D eigenvalue weighted by molar-refractivity contribution is 0.0957. The molecule has 1 amide bonds. The van der Waals surface area contributed by atoms with E-state index in [9.17, 15) is 4.79 Å². The number of hydrogen-bond acceptors (Lipinski definition) is 5. The summed E-state index contributed by atoms with van der Waals surface area (Å²) in [6.07, 6.45) is 1.53. The number of nitrogens with one attached hydrogen (secondary N) is 1. The average Bonchev–Trinajstić information content (AvgIpc) is 2.86. The second kappa shape index (κ2) is 3.87. The molecule has 0 aliphatic heterocycles. The fraction of sp³-hybridized carbons (Fsp3) is 0. The van der Waals surface area contributed by atoms with Gasteiger partial charge in [-0.25, -0.2) is 10.8 Å². The molecule has 0 aliphatic carbocycles. The summed E-state index contributed by atoms with van der Waals surface area (Å²) in [5.41, 5.74) is 2.07. The minimum absolute atomic E-state index is 0.301. The summed E-state index contributed by atoms with van der Waals surface area (Å²) in [6, 6.07) is 3.91. The number of nitrogens with two attached hydrogens (primary N) is 1. The number of thiophene rings is 1. The first-order chi connectivity index (χ1) is 6.81. The van der Waals surface area contributed by atoms with Crippen molar-refractivity contribution in [1.82, 2.24) is 10.4 Å². The Morgan fingerprint density at radius 3 is 3.07 bits per heavy atom. The Labute approximate surface area is 88.4 Å². The van der Waals surface area contributed by atoms with E-state index in [1.54, 1.807) is 11.3 Å². The predicted octanol–water partition coefficient (Wildman–Crippen LogP) is 1.48. The second-order valence-electron chi connectivity index (χ2n) is 2.48. The van der Waals surface area contributed by atoms with Crippen LogP contribution in [0.2, 0.25) is 0 Å². The van der Waals surface area contributed by atoms with Gasteiger partial charge >= 0.3 is 0 Å². The zero-order valence-corrected chi connectivity index (χ0v) is 8.69. The Hall–Kier alpha value is -1.24. The SMILES string of the molecule is NNC(=O)c1cnc(-c2cccs2)s1. The molecule has 0 unspecified atom stereocenters. The highest BCUT2D eigenvalue weighted by atomic mass is 32.1. The summed E-state index contributed by atoms with van der Waals surface area (Å²) < 4.78 is 0. The standard InChI is InChI=1S/C8H7N3OS2/c9-11-7(12)6-4-10-8(14-6)5-2-1-3-13-5/h1-4H,9H2,(H,11,12). The van der Waals surface area contributed by atoms with Crippen LogP contribution in [0.5, 0.6) is 0 Å². The summed E-state index contributed by atoms with van der Waals surface area (Å²) in [5.74, 6) is 4.71. The molecule has 0 saturated heterocycles. The van der Waals surface area contributed by atoms with Crippen LogP contribution < -0.4 is 11.3 Å². The van der Waals surface area contributed by atoms with Gasteiger partial charge in [-0.15, -0.1) is 22.7 Å². The molecule has 4 nitrogen and oxygen atoms in total. The van der Waals surface area contributed by atoms with Gasteiger partial charge in [-0.3, -0.25) is 10.2 Å². The van der Waals surface area contributed by atoms with Crippen molar-refractivity contribution in [2.24, 2.45) is 5.84 Å². The minimum Gasteiger partial charge on any atom is -0.289 e. The Morgan fingerprint density at radius 2 is 2.43 bits per heavy atom. The Morgan fingerprint density at radius 1 is 1.57 bits per heavy atom. The van der Waals surface area contributed by atoms with E-state index < -0.39 is 0 Å². The van der Waals surface area contributed by atoms with Crippen LogP contribution in [0, 0.1) is 0 Å². The van der Waals surface area contributed by atoms with E-state index >= 15 is 0 Å². The van der Waals surface area contributed by atoms with Gasteiger partial charge in [0.15, 0.2) is 0 Å². The van der Waals surface area contributed by atoms with Gasteiger partial charge < -0.3 is 0 Å². The minimum atomic E-state index is -0.301. The van der Waals surface area contributed by atoms with E-state index in [1.165, 1.54) is 17.5 Å². The summed E-state index contributed by atoms with van der Waals surface area (Å²) in [4.78, 5) is 16.9. The molecule has 0 radical (unpaired) electrons. The maximum atomic E-state index is 11.1. The van der Waals surface area contributed by atoms with E-state index in [-0.39, 0.29) is 5.91 Å². The Balaban J connectivity index is 2.31. The lowest BCUT2D eigenvalue weighted by Crippen LogP contribution is -2.29. The van der Waals surface area contributed by atoms with Crippen molar-refractivity contribution in [1.29, 1.82) is 0 Å². The fourth-order valence-corrected chi connectivity index (χ4v) is 2.59. The zero-order valence-electron chi connectivity index (χ0n) is 7.06. The molecular weight excluding hydrogens is 218 g/mol. The number of amides is 1. The number of rotatable bonds is 2. The van der Waals surface area contributed by atoms with E-state index in [0.717, 1.165) is 9.88 Å². The van der Waals surface area contributed by atoms with Gasteiger partial charge in [-0.1, -0.05) is 6.07 Å². The van der Waals surface area contributed by atoms with Crippen molar-refractivity contribution in [2.45, 2.75) is 0 Å². The maximum Gasteiger partial charge on any atom is 0.276 e. The predicted molar refractivity (Wildman–Crippen MR) is 57.1 cm³/mol. The number of aromatic nitrogens is 1. The molecule has 0 spiro atoms. The zero-order chi connectivity index (χ0) is 9.97. The molecule has 2 aromatic rings. The van der Waals surface area contributed by atoms with Crippen molar-refractivity contribution in [3.63, 3.8) is 0 Å². The first-order valence-corrected chi connectivity index (χ1v) is 5.51. The number of carbonyl (C=O) groups is 1. The molecule has 6 heteroatoms. The van der Waals surface area contributed by atoms with Gasteiger partial charge in [0.2, 0.25) is 0 Å². The third-order valence-corrected chi connectivity index (χ3v) is 3.63. The van der Waals surface area contributed by atoms with E-state index in [4.69, 9.17) is 5.84 Å². The monoisotopic (exact) mass is 225 g/mol. The largest absolute Gasteiger partial charge is 0.289 e. The number of carbonyl (C=O) groups excluding carboxylic acids is 1. The lowest BCUT2D eigenvalue weighted by atomic mass is 10.5. The summed E-state index contributed by atoms with van der Waals surface area (Å²) in [7, 11) is 0. The third-order valence-electron chi connectivity index (χ3n) is 1.59. The molecule has 0 saturated carbocycles. The molecule has 14 heavy (non-hydrogen) atoms. The number of nitrogen functional groups attached to an aromatic ring is 1. The molecular formula is C8H7N3OS2. The smallest absolute Gasteiger partial charge is 0.276 e. The molecule has 2 aromatic heterocycles. The van der Waals surface area contributed by atoms with Gasteiger partial charge in [0.05, 0.1) is 11.1 Å². The van der Waals surface area contributed by atoms with Gasteiger partial charge in [0.1, 0.15) is 9.88 Å². The molecule has 3 N–H and O–H groups in total. The van der Waals surface area contributed by atoms with Crippen molar-refractivity contribution in [3.8, 4) is 9.88 Å². The average molecular weight is 225 g/mol. The lowest BCUT2D eigenvalue weighted by Gasteiger charge is -1.90. The maximum absolute atomic E-state index is 11.1. The molecule has 0 fully saturated rings. The van der Waals surface area contributed by atoms with Gasteiger partial charge in [0, 0.05) is 0 Å². The molecule has 0 aliphatic rings. The molecule has 0 bridgehead atoms. The van der Waals surface area contributed by atoms with Crippen molar-refractivity contribution >= 4 is 28.6 Å².